The van der Waals surface area contributed by atoms with Gasteiger partial charge in [0.2, 0.25) is 5.91 Å². The van der Waals surface area contributed by atoms with Crippen molar-refractivity contribution in [3.05, 3.63) is 35.4 Å². The number of carbonyl (C=O) groups is 1. The minimum Gasteiger partial charge on any atom is -0.376 e. The first kappa shape index (κ1) is 14.5. The van der Waals surface area contributed by atoms with E-state index in [1.165, 1.54) is 11.1 Å². The summed E-state index contributed by atoms with van der Waals surface area (Å²) in [6, 6.07) is 8.40. The van der Waals surface area contributed by atoms with Gasteiger partial charge in [-0.1, -0.05) is 31.2 Å². The monoisotopic (exact) mass is 288 g/mol. The van der Waals surface area contributed by atoms with E-state index in [1.807, 2.05) is 17.0 Å². The second-order valence-corrected chi connectivity index (χ2v) is 6.06. The van der Waals surface area contributed by atoms with E-state index < -0.39 is 0 Å². The number of rotatable bonds is 3. The molecule has 2 aliphatic heterocycles. The number of nitrogens with zero attached hydrogens (tertiary/aromatic N) is 1. The number of ether oxygens (including phenoxy) is 1. The molecule has 0 bridgehead atoms. The van der Waals surface area contributed by atoms with E-state index in [0.717, 1.165) is 19.4 Å². The molecule has 4 unspecified atom stereocenters. The molecule has 1 aromatic rings. The van der Waals surface area contributed by atoms with Crippen LogP contribution in [0.25, 0.3) is 0 Å². The van der Waals surface area contributed by atoms with Gasteiger partial charge in [0.1, 0.15) is 6.17 Å². The third kappa shape index (κ3) is 2.47. The zero-order valence-corrected chi connectivity index (χ0v) is 13.0. The van der Waals surface area contributed by atoms with Crippen LogP contribution in [0.15, 0.2) is 24.3 Å². The maximum Gasteiger partial charge on any atom is 0.241 e. The lowest BCUT2D eigenvalue weighted by Crippen LogP contribution is -2.43. The van der Waals surface area contributed by atoms with Crippen LogP contribution in [-0.4, -0.2) is 35.6 Å². The average molecular weight is 288 g/mol. The molecule has 4 heteroatoms. The summed E-state index contributed by atoms with van der Waals surface area (Å²) in [5, 5.41) is 3.52. The summed E-state index contributed by atoms with van der Waals surface area (Å²) in [7, 11) is 0. The fourth-order valence-electron chi connectivity index (χ4n) is 3.52. The van der Waals surface area contributed by atoms with Crippen LogP contribution in [0.2, 0.25) is 0 Å². The highest BCUT2D eigenvalue weighted by molar-refractivity contribution is 5.85. The number of hydrogen-bond donors (Lipinski definition) is 1. The Kier molecular flexibility index (Phi) is 4.00. The molecule has 1 amide bonds. The summed E-state index contributed by atoms with van der Waals surface area (Å²) in [6.07, 6.45) is 1.82. The van der Waals surface area contributed by atoms with E-state index in [-0.39, 0.29) is 30.3 Å². The van der Waals surface area contributed by atoms with Crippen LogP contribution in [0.3, 0.4) is 0 Å². The minimum absolute atomic E-state index is 0.0298. The van der Waals surface area contributed by atoms with Crippen LogP contribution < -0.4 is 5.32 Å². The van der Waals surface area contributed by atoms with Gasteiger partial charge in [-0.2, -0.15) is 0 Å². The summed E-state index contributed by atoms with van der Waals surface area (Å²) >= 11 is 0. The molecule has 0 aromatic heterocycles. The number of nitrogens with one attached hydrogen (secondary N) is 1. The Hall–Kier alpha value is -1.39. The van der Waals surface area contributed by atoms with Crippen molar-refractivity contribution >= 4 is 5.91 Å². The normalized spacial score (nSPS) is 32.9. The first-order valence-electron chi connectivity index (χ1n) is 7.88. The fourth-order valence-corrected chi connectivity index (χ4v) is 3.52. The molecule has 0 spiro atoms. The van der Waals surface area contributed by atoms with Crippen molar-refractivity contribution in [3.8, 4) is 0 Å². The van der Waals surface area contributed by atoms with Crippen molar-refractivity contribution in [1.82, 2.24) is 10.2 Å². The molecule has 4 nitrogen and oxygen atoms in total. The largest absolute Gasteiger partial charge is 0.376 e. The number of aryl methyl sites for hydroxylation is 1. The van der Waals surface area contributed by atoms with Crippen LogP contribution in [0.5, 0.6) is 0 Å². The maximum absolute atomic E-state index is 12.8. The molecule has 0 radical (unpaired) electrons. The Bertz CT molecular complexity index is 531. The highest BCUT2D eigenvalue weighted by Gasteiger charge is 2.45. The zero-order valence-electron chi connectivity index (χ0n) is 13.0. The zero-order chi connectivity index (χ0) is 15.0. The van der Waals surface area contributed by atoms with E-state index >= 15 is 0 Å². The van der Waals surface area contributed by atoms with Gasteiger partial charge < -0.3 is 9.64 Å². The predicted molar refractivity (Wildman–Crippen MR) is 81.8 cm³/mol. The Morgan fingerprint density at radius 2 is 2.14 bits per heavy atom. The van der Waals surface area contributed by atoms with Crippen LogP contribution in [0.4, 0.5) is 0 Å². The van der Waals surface area contributed by atoms with E-state index in [9.17, 15) is 4.79 Å². The van der Waals surface area contributed by atoms with Crippen molar-refractivity contribution in [1.29, 1.82) is 0 Å². The first-order chi connectivity index (χ1) is 10.1. The maximum atomic E-state index is 12.8. The molecule has 2 saturated heterocycles. The quantitative estimate of drug-likeness (QED) is 0.928. The van der Waals surface area contributed by atoms with Gasteiger partial charge in [0, 0.05) is 6.61 Å². The standard InChI is InChI=1S/C17H24N2O2/c1-4-14-17(20)19(15-9-10-21-12(15)3)16(18-14)13-8-6-5-7-11(13)2/h5-8,12,14-16,18H,4,9-10H2,1-3H3. The molecular formula is C17H24N2O2. The number of benzene rings is 1. The first-order valence-corrected chi connectivity index (χ1v) is 7.88. The molecule has 2 fully saturated rings. The van der Waals surface area contributed by atoms with Gasteiger partial charge in [-0.3, -0.25) is 10.1 Å². The smallest absolute Gasteiger partial charge is 0.241 e. The van der Waals surface area contributed by atoms with Crippen molar-refractivity contribution < 1.29 is 9.53 Å². The lowest BCUT2D eigenvalue weighted by atomic mass is 10.0. The van der Waals surface area contributed by atoms with Gasteiger partial charge in [0.25, 0.3) is 0 Å². The minimum atomic E-state index is -0.0811. The molecule has 0 aliphatic carbocycles. The third-order valence-electron chi connectivity index (χ3n) is 4.77. The van der Waals surface area contributed by atoms with Gasteiger partial charge in [0.05, 0.1) is 18.2 Å². The molecule has 114 valence electrons. The topological polar surface area (TPSA) is 41.6 Å². The summed E-state index contributed by atoms with van der Waals surface area (Å²) in [5.41, 5.74) is 2.41. The van der Waals surface area contributed by atoms with Crippen molar-refractivity contribution in [2.75, 3.05) is 6.61 Å². The van der Waals surface area contributed by atoms with Crippen LogP contribution >= 0.6 is 0 Å². The lowest BCUT2D eigenvalue weighted by Gasteiger charge is -2.32. The SMILES string of the molecule is CCC1NC(c2ccccc2C)N(C2CCOC2C)C1=O. The number of amides is 1. The van der Waals surface area contributed by atoms with E-state index in [0.29, 0.717) is 0 Å². The third-order valence-corrected chi connectivity index (χ3v) is 4.77. The van der Waals surface area contributed by atoms with Crippen molar-refractivity contribution in [3.63, 3.8) is 0 Å². The van der Waals surface area contributed by atoms with E-state index in [1.54, 1.807) is 0 Å². The van der Waals surface area contributed by atoms with E-state index in [4.69, 9.17) is 4.74 Å². The second kappa shape index (κ2) is 5.78. The molecule has 3 rings (SSSR count). The summed E-state index contributed by atoms with van der Waals surface area (Å²) in [6.45, 7) is 6.97. The Balaban J connectivity index is 1.96. The molecule has 2 heterocycles. The van der Waals surface area contributed by atoms with E-state index in [2.05, 4.69) is 38.2 Å². The van der Waals surface area contributed by atoms with Crippen LogP contribution in [-0.2, 0) is 9.53 Å². The molecule has 1 aromatic carbocycles. The van der Waals surface area contributed by atoms with Crippen LogP contribution in [0.1, 0.15) is 44.0 Å². The Morgan fingerprint density at radius 1 is 1.38 bits per heavy atom. The lowest BCUT2D eigenvalue weighted by molar-refractivity contribution is -0.133. The fraction of sp³-hybridized carbons (Fsp3) is 0.588. The van der Waals surface area contributed by atoms with Gasteiger partial charge in [0.15, 0.2) is 0 Å². The van der Waals surface area contributed by atoms with Crippen LogP contribution in [0, 0.1) is 6.92 Å². The highest BCUT2D eigenvalue weighted by atomic mass is 16.5. The summed E-state index contributed by atoms with van der Waals surface area (Å²) in [4.78, 5) is 14.8. The number of hydrogen-bond acceptors (Lipinski definition) is 3. The summed E-state index contributed by atoms with van der Waals surface area (Å²) in [5.74, 6) is 0.216. The Morgan fingerprint density at radius 3 is 2.76 bits per heavy atom. The Labute approximate surface area is 126 Å². The summed E-state index contributed by atoms with van der Waals surface area (Å²) < 4.78 is 5.69. The molecule has 2 aliphatic rings. The molecule has 4 atom stereocenters. The molecule has 1 N–H and O–H groups in total. The average Bonchev–Trinajstić information content (AvgIpc) is 3.02. The van der Waals surface area contributed by atoms with Gasteiger partial charge in [-0.15, -0.1) is 0 Å². The highest BCUT2D eigenvalue weighted by Crippen LogP contribution is 2.34. The second-order valence-electron chi connectivity index (χ2n) is 6.06. The van der Waals surface area contributed by atoms with Crippen molar-refractivity contribution in [2.45, 2.75) is 58.0 Å². The molecule has 0 saturated carbocycles. The molecular weight excluding hydrogens is 264 g/mol. The van der Waals surface area contributed by atoms with Gasteiger partial charge in [-0.05, 0) is 37.8 Å². The van der Waals surface area contributed by atoms with Gasteiger partial charge >= 0.3 is 0 Å². The number of carbonyl (C=O) groups excluding carboxylic acids is 1. The van der Waals surface area contributed by atoms with Gasteiger partial charge in [-0.25, -0.2) is 0 Å². The predicted octanol–water partition coefficient (Wildman–Crippen LogP) is 2.38. The van der Waals surface area contributed by atoms with Crippen molar-refractivity contribution in [2.24, 2.45) is 0 Å². The molecule has 21 heavy (non-hydrogen) atoms.